The molecule has 1 aliphatic rings. The van der Waals surface area contributed by atoms with Crippen LogP contribution in [-0.4, -0.2) is 74.3 Å². The van der Waals surface area contributed by atoms with E-state index in [1.165, 1.54) is 6.33 Å². The van der Waals surface area contributed by atoms with E-state index in [1.807, 2.05) is 24.3 Å². The smallest absolute Gasteiger partial charge is 0.270 e. The molecule has 8 heteroatoms. The van der Waals surface area contributed by atoms with Crippen molar-refractivity contribution in [2.75, 3.05) is 58.4 Å². The van der Waals surface area contributed by atoms with E-state index < -0.39 is 0 Å². The molecule has 0 saturated carbocycles. The summed E-state index contributed by atoms with van der Waals surface area (Å²) in [6, 6.07) is 9.05. The van der Waals surface area contributed by atoms with Crippen molar-refractivity contribution in [2.24, 2.45) is 0 Å². The van der Waals surface area contributed by atoms with Crippen molar-refractivity contribution in [1.82, 2.24) is 20.2 Å². The molecule has 1 amide bonds. The zero-order valence-corrected chi connectivity index (χ0v) is 15.7. The maximum atomic E-state index is 12.3. The second-order valence-electron chi connectivity index (χ2n) is 6.33. The fraction of sp³-hybridized carbons (Fsp3) is 0.421. The Morgan fingerprint density at radius 3 is 2.52 bits per heavy atom. The Balaban J connectivity index is 1.47. The summed E-state index contributed by atoms with van der Waals surface area (Å²) < 4.78 is 10.7. The molecule has 3 rings (SSSR count). The van der Waals surface area contributed by atoms with Crippen LogP contribution in [0.15, 0.2) is 36.7 Å². The number of piperazine rings is 1. The van der Waals surface area contributed by atoms with Crippen LogP contribution in [0.1, 0.15) is 10.5 Å². The van der Waals surface area contributed by atoms with Gasteiger partial charge in [0.15, 0.2) is 0 Å². The minimum Gasteiger partial charge on any atom is -0.497 e. The summed E-state index contributed by atoms with van der Waals surface area (Å²) in [5.74, 6) is 2.06. The molecule has 1 aliphatic heterocycles. The number of ether oxygens (including phenoxy) is 2. The third-order valence-electron chi connectivity index (χ3n) is 4.43. The second kappa shape index (κ2) is 9.18. The van der Waals surface area contributed by atoms with Gasteiger partial charge in [-0.15, -0.1) is 0 Å². The van der Waals surface area contributed by atoms with Gasteiger partial charge in [0, 0.05) is 32.2 Å². The molecule has 0 unspecified atom stereocenters. The highest BCUT2D eigenvalue weighted by Gasteiger charge is 2.17. The quantitative estimate of drug-likeness (QED) is 0.729. The number of carbonyl (C=O) groups excluding carboxylic acids is 1. The number of hydrogen-bond donors (Lipinski definition) is 1. The van der Waals surface area contributed by atoms with Crippen LogP contribution in [0.25, 0.3) is 0 Å². The third kappa shape index (κ3) is 5.30. The van der Waals surface area contributed by atoms with Gasteiger partial charge in [0.1, 0.15) is 35.9 Å². The number of anilines is 1. The summed E-state index contributed by atoms with van der Waals surface area (Å²) in [6.45, 7) is 4.50. The Morgan fingerprint density at radius 2 is 1.81 bits per heavy atom. The summed E-state index contributed by atoms with van der Waals surface area (Å²) in [6.07, 6.45) is 1.44. The van der Waals surface area contributed by atoms with Crippen molar-refractivity contribution < 1.29 is 14.3 Å². The van der Waals surface area contributed by atoms with E-state index in [2.05, 4.69) is 32.1 Å². The molecule has 0 spiro atoms. The van der Waals surface area contributed by atoms with Crippen LogP contribution in [0.2, 0.25) is 0 Å². The lowest BCUT2D eigenvalue weighted by Crippen LogP contribution is -2.45. The number of hydrogen-bond acceptors (Lipinski definition) is 7. The minimum absolute atomic E-state index is 0.230. The predicted octanol–water partition coefficient (Wildman–Crippen LogP) is 1.05. The first-order valence-corrected chi connectivity index (χ1v) is 8.96. The number of amides is 1. The van der Waals surface area contributed by atoms with Crippen molar-refractivity contribution in [1.29, 1.82) is 0 Å². The standard InChI is InChI=1S/C19H25N5O3/c1-23-8-10-24(11-9-23)18-13-17(21-14-22-18)19(25)20-7-12-27-16-5-3-15(26-2)4-6-16/h3-6,13-14H,7-12H2,1-2H3,(H,20,25). The molecule has 0 radical (unpaired) electrons. The molecular formula is C19H25N5O3. The molecule has 1 aromatic heterocycles. The molecule has 2 aromatic rings. The molecule has 8 nitrogen and oxygen atoms in total. The van der Waals surface area contributed by atoms with Crippen molar-refractivity contribution in [2.45, 2.75) is 0 Å². The van der Waals surface area contributed by atoms with Gasteiger partial charge < -0.3 is 24.6 Å². The lowest BCUT2D eigenvalue weighted by Gasteiger charge is -2.33. The Labute approximate surface area is 159 Å². The molecule has 1 aromatic carbocycles. The fourth-order valence-electron chi connectivity index (χ4n) is 2.78. The Kier molecular flexibility index (Phi) is 6.43. The van der Waals surface area contributed by atoms with E-state index in [0.29, 0.717) is 18.8 Å². The lowest BCUT2D eigenvalue weighted by molar-refractivity contribution is 0.0942. The number of rotatable bonds is 7. The topological polar surface area (TPSA) is 79.8 Å². The van der Waals surface area contributed by atoms with Crippen LogP contribution < -0.4 is 19.7 Å². The number of nitrogens with zero attached hydrogens (tertiary/aromatic N) is 4. The largest absolute Gasteiger partial charge is 0.497 e. The van der Waals surface area contributed by atoms with E-state index in [4.69, 9.17) is 9.47 Å². The van der Waals surface area contributed by atoms with Gasteiger partial charge in [-0.25, -0.2) is 9.97 Å². The van der Waals surface area contributed by atoms with Gasteiger partial charge in [0.25, 0.3) is 5.91 Å². The molecule has 0 bridgehead atoms. The van der Waals surface area contributed by atoms with Crippen LogP contribution >= 0.6 is 0 Å². The number of nitrogens with one attached hydrogen (secondary N) is 1. The molecule has 0 atom stereocenters. The Morgan fingerprint density at radius 1 is 1.11 bits per heavy atom. The van der Waals surface area contributed by atoms with E-state index in [0.717, 1.165) is 43.5 Å². The zero-order valence-electron chi connectivity index (χ0n) is 15.7. The average Bonchev–Trinajstić information content (AvgIpc) is 2.72. The molecular weight excluding hydrogens is 346 g/mol. The molecule has 2 heterocycles. The highest BCUT2D eigenvalue weighted by atomic mass is 16.5. The average molecular weight is 371 g/mol. The highest BCUT2D eigenvalue weighted by molar-refractivity contribution is 5.92. The van der Waals surface area contributed by atoms with Crippen LogP contribution in [0.3, 0.4) is 0 Å². The van der Waals surface area contributed by atoms with Crippen molar-refractivity contribution in [3.8, 4) is 11.5 Å². The Bertz CT molecular complexity index is 745. The van der Waals surface area contributed by atoms with Crippen molar-refractivity contribution >= 4 is 11.7 Å². The monoisotopic (exact) mass is 371 g/mol. The van der Waals surface area contributed by atoms with Gasteiger partial charge >= 0.3 is 0 Å². The summed E-state index contributed by atoms with van der Waals surface area (Å²) in [7, 11) is 3.72. The Hall–Kier alpha value is -2.87. The molecule has 0 aliphatic carbocycles. The molecule has 27 heavy (non-hydrogen) atoms. The van der Waals surface area contributed by atoms with Crippen LogP contribution in [0.5, 0.6) is 11.5 Å². The van der Waals surface area contributed by atoms with E-state index in [9.17, 15) is 4.79 Å². The summed E-state index contributed by atoms with van der Waals surface area (Å²) >= 11 is 0. The number of methoxy groups -OCH3 is 1. The van der Waals surface area contributed by atoms with E-state index >= 15 is 0 Å². The molecule has 1 fully saturated rings. The van der Waals surface area contributed by atoms with Gasteiger partial charge in [0.05, 0.1) is 13.7 Å². The van der Waals surface area contributed by atoms with E-state index in [1.54, 1.807) is 13.2 Å². The summed E-state index contributed by atoms with van der Waals surface area (Å²) in [4.78, 5) is 25.2. The van der Waals surface area contributed by atoms with E-state index in [-0.39, 0.29) is 5.91 Å². The van der Waals surface area contributed by atoms with Crippen LogP contribution in [-0.2, 0) is 0 Å². The molecule has 1 saturated heterocycles. The number of likely N-dealkylation sites (N-methyl/N-ethyl adjacent to an activating group) is 1. The SMILES string of the molecule is COc1ccc(OCCNC(=O)c2cc(N3CCN(C)CC3)ncn2)cc1. The highest BCUT2D eigenvalue weighted by Crippen LogP contribution is 2.17. The van der Waals surface area contributed by atoms with Gasteiger partial charge in [-0.2, -0.15) is 0 Å². The molecule has 144 valence electrons. The number of aromatic nitrogens is 2. The number of benzene rings is 1. The maximum absolute atomic E-state index is 12.3. The predicted molar refractivity (Wildman–Crippen MR) is 103 cm³/mol. The van der Waals surface area contributed by atoms with Crippen LogP contribution in [0.4, 0.5) is 5.82 Å². The first kappa shape index (κ1) is 18.9. The van der Waals surface area contributed by atoms with Crippen molar-refractivity contribution in [3.05, 3.63) is 42.4 Å². The van der Waals surface area contributed by atoms with Gasteiger partial charge in [0.2, 0.25) is 0 Å². The fourth-order valence-corrected chi connectivity index (χ4v) is 2.78. The van der Waals surface area contributed by atoms with Gasteiger partial charge in [-0.05, 0) is 31.3 Å². The van der Waals surface area contributed by atoms with Crippen LogP contribution in [0, 0.1) is 0 Å². The first-order valence-electron chi connectivity index (χ1n) is 8.96. The second-order valence-corrected chi connectivity index (χ2v) is 6.33. The minimum atomic E-state index is -0.230. The van der Waals surface area contributed by atoms with Gasteiger partial charge in [-0.3, -0.25) is 4.79 Å². The lowest BCUT2D eigenvalue weighted by atomic mass is 10.3. The zero-order chi connectivity index (χ0) is 19.1. The normalized spacial score (nSPS) is 14.7. The maximum Gasteiger partial charge on any atom is 0.270 e. The van der Waals surface area contributed by atoms with Gasteiger partial charge in [-0.1, -0.05) is 0 Å². The van der Waals surface area contributed by atoms with Crippen molar-refractivity contribution in [3.63, 3.8) is 0 Å². The first-order chi connectivity index (χ1) is 13.2. The molecule has 1 N–H and O–H groups in total. The third-order valence-corrected chi connectivity index (χ3v) is 4.43. The summed E-state index contributed by atoms with van der Waals surface area (Å²) in [5.41, 5.74) is 0.364. The number of carbonyl (C=O) groups is 1. The summed E-state index contributed by atoms with van der Waals surface area (Å²) in [5, 5.41) is 2.82.